The van der Waals surface area contributed by atoms with E-state index < -0.39 is 0 Å². The SMILES string of the molecule is CC(Sc1nnnn1C(C)C)C(=O)c1ccccc1. The zero-order chi connectivity index (χ0) is 13.8. The molecule has 0 aliphatic rings. The third-order valence-electron chi connectivity index (χ3n) is 2.66. The highest BCUT2D eigenvalue weighted by Crippen LogP contribution is 2.24. The molecule has 19 heavy (non-hydrogen) atoms. The van der Waals surface area contributed by atoms with Crippen LogP contribution in [0, 0.1) is 0 Å². The van der Waals surface area contributed by atoms with Crippen molar-refractivity contribution >= 4 is 17.5 Å². The van der Waals surface area contributed by atoms with Gasteiger partial charge in [0.2, 0.25) is 5.16 Å². The normalized spacial score (nSPS) is 12.6. The molecule has 0 aliphatic heterocycles. The van der Waals surface area contributed by atoms with Gasteiger partial charge < -0.3 is 0 Å². The molecule has 100 valence electrons. The zero-order valence-electron chi connectivity index (χ0n) is 11.1. The molecular formula is C13H16N4OS. The van der Waals surface area contributed by atoms with Gasteiger partial charge in [-0.05, 0) is 31.2 Å². The quantitative estimate of drug-likeness (QED) is 0.620. The smallest absolute Gasteiger partial charge is 0.210 e. The van der Waals surface area contributed by atoms with Crippen LogP contribution >= 0.6 is 11.8 Å². The van der Waals surface area contributed by atoms with Crippen molar-refractivity contribution in [1.82, 2.24) is 20.2 Å². The first-order valence-corrected chi connectivity index (χ1v) is 7.01. The molecule has 2 aromatic rings. The van der Waals surface area contributed by atoms with E-state index in [1.165, 1.54) is 11.8 Å². The lowest BCUT2D eigenvalue weighted by molar-refractivity contribution is 0.0994. The predicted octanol–water partition coefficient (Wildman–Crippen LogP) is 2.62. The van der Waals surface area contributed by atoms with Crippen molar-refractivity contribution in [3.8, 4) is 0 Å². The molecule has 1 atom stereocenters. The summed E-state index contributed by atoms with van der Waals surface area (Å²) in [6, 6.07) is 9.45. The Kier molecular flexibility index (Phi) is 4.31. The predicted molar refractivity (Wildman–Crippen MR) is 74.3 cm³/mol. The summed E-state index contributed by atoms with van der Waals surface area (Å²) in [6.45, 7) is 5.88. The van der Waals surface area contributed by atoms with Crippen LogP contribution in [0.2, 0.25) is 0 Å². The summed E-state index contributed by atoms with van der Waals surface area (Å²) in [5.41, 5.74) is 0.714. The van der Waals surface area contributed by atoms with Crippen LogP contribution in [0.5, 0.6) is 0 Å². The first kappa shape index (κ1) is 13.7. The van der Waals surface area contributed by atoms with E-state index in [4.69, 9.17) is 0 Å². The van der Waals surface area contributed by atoms with Crippen molar-refractivity contribution in [2.45, 2.75) is 37.2 Å². The number of carbonyl (C=O) groups is 1. The van der Waals surface area contributed by atoms with E-state index in [0.29, 0.717) is 10.7 Å². The molecule has 5 nitrogen and oxygen atoms in total. The van der Waals surface area contributed by atoms with Crippen LogP contribution in [-0.4, -0.2) is 31.2 Å². The minimum absolute atomic E-state index is 0.0870. The Bertz CT molecular complexity index is 553. The summed E-state index contributed by atoms with van der Waals surface area (Å²) in [7, 11) is 0. The van der Waals surface area contributed by atoms with E-state index in [2.05, 4.69) is 15.5 Å². The van der Waals surface area contributed by atoms with Gasteiger partial charge in [-0.3, -0.25) is 4.79 Å². The van der Waals surface area contributed by atoms with Crippen molar-refractivity contribution < 1.29 is 4.79 Å². The number of ketones is 1. The maximum atomic E-state index is 12.3. The molecule has 2 rings (SSSR count). The summed E-state index contributed by atoms with van der Waals surface area (Å²) in [6.07, 6.45) is 0. The molecule has 1 aromatic carbocycles. The molecular weight excluding hydrogens is 260 g/mol. The highest BCUT2D eigenvalue weighted by Gasteiger charge is 2.20. The van der Waals surface area contributed by atoms with E-state index in [9.17, 15) is 4.79 Å². The highest BCUT2D eigenvalue weighted by molar-refractivity contribution is 8.00. The van der Waals surface area contributed by atoms with Crippen LogP contribution < -0.4 is 0 Å². The number of aromatic nitrogens is 4. The third-order valence-corrected chi connectivity index (χ3v) is 3.71. The molecule has 0 fully saturated rings. The average Bonchev–Trinajstić information content (AvgIpc) is 2.87. The van der Waals surface area contributed by atoms with Crippen molar-refractivity contribution in [1.29, 1.82) is 0 Å². The fraction of sp³-hybridized carbons (Fsp3) is 0.385. The van der Waals surface area contributed by atoms with Gasteiger partial charge >= 0.3 is 0 Å². The van der Waals surface area contributed by atoms with E-state index in [1.807, 2.05) is 51.1 Å². The molecule has 0 aliphatic carbocycles. The Morgan fingerprint density at radius 1 is 1.21 bits per heavy atom. The summed E-state index contributed by atoms with van der Waals surface area (Å²) >= 11 is 1.39. The largest absolute Gasteiger partial charge is 0.293 e. The number of thioether (sulfide) groups is 1. The summed E-state index contributed by atoms with van der Waals surface area (Å²) in [5.74, 6) is 0.0870. The number of benzene rings is 1. The van der Waals surface area contributed by atoms with Crippen LogP contribution in [0.15, 0.2) is 35.5 Å². The van der Waals surface area contributed by atoms with Crippen LogP contribution in [0.1, 0.15) is 37.2 Å². The van der Waals surface area contributed by atoms with Gasteiger partial charge in [-0.1, -0.05) is 42.1 Å². The van der Waals surface area contributed by atoms with Crippen LogP contribution in [-0.2, 0) is 0 Å². The highest BCUT2D eigenvalue weighted by atomic mass is 32.2. The van der Waals surface area contributed by atoms with Crippen molar-refractivity contribution in [3.05, 3.63) is 35.9 Å². The lowest BCUT2D eigenvalue weighted by atomic mass is 10.1. The molecule has 0 bridgehead atoms. The van der Waals surface area contributed by atoms with Gasteiger partial charge in [-0.15, -0.1) is 5.10 Å². The second-order valence-electron chi connectivity index (χ2n) is 4.49. The minimum atomic E-state index is -0.217. The summed E-state index contributed by atoms with van der Waals surface area (Å²) < 4.78 is 1.72. The Morgan fingerprint density at radius 3 is 2.53 bits per heavy atom. The molecule has 0 saturated heterocycles. The molecule has 6 heteroatoms. The van der Waals surface area contributed by atoms with Gasteiger partial charge in [0.05, 0.1) is 11.3 Å². The number of tetrazole rings is 1. The molecule has 0 N–H and O–H groups in total. The molecule has 0 amide bonds. The number of nitrogens with zero attached hydrogens (tertiary/aromatic N) is 4. The first-order chi connectivity index (χ1) is 9.09. The van der Waals surface area contributed by atoms with Crippen molar-refractivity contribution in [2.75, 3.05) is 0 Å². The molecule has 0 radical (unpaired) electrons. The lowest BCUT2D eigenvalue weighted by Crippen LogP contribution is -2.15. The number of hydrogen-bond acceptors (Lipinski definition) is 5. The van der Waals surface area contributed by atoms with Gasteiger partial charge in [-0.25, -0.2) is 4.68 Å². The monoisotopic (exact) mass is 276 g/mol. The molecule has 1 aromatic heterocycles. The van der Waals surface area contributed by atoms with Gasteiger partial charge in [0.25, 0.3) is 0 Å². The van der Waals surface area contributed by atoms with Gasteiger partial charge in [0.1, 0.15) is 0 Å². The first-order valence-electron chi connectivity index (χ1n) is 6.13. The Balaban J connectivity index is 2.11. The second kappa shape index (κ2) is 5.97. The van der Waals surface area contributed by atoms with Gasteiger partial charge in [0, 0.05) is 5.56 Å². The standard InChI is InChI=1S/C13H16N4OS/c1-9(2)17-13(14-15-16-17)19-10(3)12(18)11-7-5-4-6-8-11/h4-10H,1-3H3. The third kappa shape index (κ3) is 3.20. The van der Waals surface area contributed by atoms with E-state index in [-0.39, 0.29) is 17.1 Å². The second-order valence-corrected chi connectivity index (χ2v) is 5.80. The fourth-order valence-corrected chi connectivity index (χ4v) is 2.63. The van der Waals surface area contributed by atoms with Crippen LogP contribution in [0.4, 0.5) is 0 Å². The summed E-state index contributed by atoms with van der Waals surface area (Å²) in [4.78, 5) is 12.3. The minimum Gasteiger partial charge on any atom is -0.293 e. The molecule has 1 unspecified atom stereocenters. The molecule has 1 heterocycles. The number of Topliss-reactive ketones (excluding diaryl/α,β-unsaturated/α-hetero) is 1. The molecule has 0 saturated carbocycles. The van der Waals surface area contributed by atoms with E-state index in [0.717, 1.165) is 0 Å². The van der Waals surface area contributed by atoms with Crippen LogP contribution in [0.25, 0.3) is 0 Å². The lowest BCUT2D eigenvalue weighted by Gasteiger charge is -2.11. The number of carbonyl (C=O) groups excluding carboxylic acids is 1. The van der Waals surface area contributed by atoms with E-state index in [1.54, 1.807) is 4.68 Å². The van der Waals surface area contributed by atoms with E-state index >= 15 is 0 Å². The molecule has 0 spiro atoms. The maximum absolute atomic E-state index is 12.3. The number of hydrogen-bond donors (Lipinski definition) is 0. The Hall–Kier alpha value is -1.69. The van der Waals surface area contributed by atoms with Crippen molar-refractivity contribution in [3.63, 3.8) is 0 Å². The average molecular weight is 276 g/mol. The Labute approximate surface area is 116 Å². The number of rotatable bonds is 5. The van der Waals surface area contributed by atoms with Gasteiger partial charge in [0.15, 0.2) is 5.78 Å². The van der Waals surface area contributed by atoms with Crippen LogP contribution in [0.3, 0.4) is 0 Å². The Morgan fingerprint density at radius 2 is 1.89 bits per heavy atom. The fourth-order valence-electron chi connectivity index (χ4n) is 1.64. The maximum Gasteiger partial charge on any atom is 0.210 e. The van der Waals surface area contributed by atoms with Gasteiger partial charge in [-0.2, -0.15) is 0 Å². The summed E-state index contributed by atoms with van der Waals surface area (Å²) in [5, 5.41) is 12.0. The topological polar surface area (TPSA) is 60.7 Å². The zero-order valence-corrected chi connectivity index (χ0v) is 12.0. The van der Waals surface area contributed by atoms with Crippen molar-refractivity contribution in [2.24, 2.45) is 0 Å².